The van der Waals surface area contributed by atoms with E-state index in [1.165, 1.54) is 0 Å². The van der Waals surface area contributed by atoms with E-state index in [4.69, 9.17) is 5.73 Å². The maximum atomic E-state index is 15.1. The monoisotopic (exact) mass is 526 g/mol. The SMILES string of the molecule is NCC1CCN(C(=O)N2CCn3cc(C4=C(c5cnc6ccccn56)C(=O)CC4)c4cc(F)cc(c43)C2)CC1. The van der Waals surface area contributed by atoms with Crippen LogP contribution in [-0.4, -0.2) is 61.7 Å². The molecule has 1 aliphatic carbocycles. The number of halogens is 1. The van der Waals surface area contributed by atoms with Crippen molar-refractivity contribution in [3.8, 4) is 0 Å². The van der Waals surface area contributed by atoms with Crippen LogP contribution in [0.25, 0.3) is 27.7 Å². The van der Waals surface area contributed by atoms with Gasteiger partial charge in [0.15, 0.2) is 5.78 Å². The summed E-state index contributed by atoms with van der Waals surface area (Å²) in [6.07, 6.45) is 8.58. The summed E-state index contributed by atoms with van der Waals surface area (Å²) in [5, 5.41) is 0.791. The summed E-state index contributed by atoms with van der Waals surface area (Å²) >= 11 is 0. The minimum absolute atomic E-state index is 0.00727. The number of piperidine rings is 1. The van der Waals surface area contributed by atoms with Gasteiger partial charge in [0.2, 0.25) is 0 Å². The van der Waals surface area contributed by atoms with Crippen molar-refractivity contribution in [2.45, 2.75) is 38.8 Å². The number of hydrogen-bond acceptors (Lipinski definition) is 4. The molecular weight excluding hydrogens is 495 g/mol. The molecule has 1 fully saturated rings. The van der Waals surface area contributed by atoms with Crippen molar-refractivity contribution in [3.63, 3.8) is 0 Å². The molecule has 2 N–H and O–H groups in total. The molecule has 0 radical (unpaired) electrons. The molecule has 0 unspecified atom stereocenters. The van der Waals surface area contributed by atoms with Gasteiger partial charge in [-0.2, -0.15) is 0 Å². The van der Waals surface area contributed by atoms with Crippen LogP contribution in [0, 0.1) is 11.7 Å². The number of nitrogens with two attached hydrogens (primary N) is 1. The van der Waals surface area contributed by atoms with E-state index in [0.717, 1.165) is 51.8 Å². The van der Waals surface area contributed by atoms with Gasteiger partial charge in [-0.05, 0) is 67.1 Å². The highest BCUT2D eigenvalue weighted by Crippen LogP contribution is 2.42. The number of imidazole rings is 1. The number of hydrogen-bond donors (Lipinski definition) is 1. The Morgan fingerprint density at radius 1 is 1.08 bits per heavy atom. The fourth-order valence-corrected chi connectivity index (χ4v) is 6.60. The number of benzene rings is 1. The Kier molecular flexibility index (Phi) is 5.77. The maximum absolute atomic E-state index is 15.1. The number of urea groups is 1. The Morgan fingerprint density at radius 3 is 2.74 bits per heavy atom. The van der Waals surface area contributed by atoms with Gasteiger partial charge in [-0.25, -0.2) is 14.2 Å². The van der Waals surface area contributed by atoms with E-state index in [0.29, 0.717) is 63.6 Å². The van der Waals surface area contributed by atoms with Gasteiger partial charge in [0.1, 0.15) is 11.5 Å². The largest absolute Gasteiger partial charge is 0.345 e. The summed E-state index contributed by atoms with van der Waals surface area (Å²) in [7, 11) is 0. The molecule has 3 aromatic heterocycles. The highest BCUT2D eigenvalue weighted by atomic mass is 19.1. The van der Waals surface area contributed by atoms with Crippen LogP contribution in [-0.2, 0) is 17.9 Å². The zero-order valence-corrected chi connectivity index (χ0v) is 21.8. The van der Waals surface area contributed by atoms with Crippen LogP contribution in [0.3, 0.4) is 0 Å². The van der Waals surface area contributed by atoms with Gasteiger partial charge in [-0.15, -0.1) is 0 Å². The van der Waals surface area contributed by atoms with Gasteiger partial charge in [0, 0.05) is 68.1 Å². The van der Waals surface area contributed by atoms with E-state index in [1.807, 2.05) is 44.8 Å². The average Bonchev–Trinajstić information content (AvgIpc) is 3.61. The van der Waals surface area contributed by atoms with Gasteiger partial charge in [0.25, 0.3) is 0 Å². The summed E-state index contributed by atoms with van der Waals surface area (Å²) in [6.45, 7) is 3.57. The highest BCUT2D eigenvalue weighted by Gasteiger charge is 2.32. The number of pyridine rings is 1. The first kappa shape index (κ1) is 24.1. The zero-order chi connectivity index (χ0) is 26.7. The summed E-state index contributed by atoms with van der Waals surface area (Å²) in [5.41, 5.74) is 11.6. The third-order valence-corrected chi connectivity index (χ3v) is 8.66. The van der Waals surface area contributed by atoms with Crippen molar-refractivity contribution < 1.29 is 14.0 Å². The second kappa shape index (κ2) is 9.34. The second-order valence-corrected chi connectivity index (χ2v) is 10.9. The number of ketones is 1. The molecule has 7 rings (SSSR count). The first-order valence-electron chi connectivity index (χ1n) is 13.8. The first-order chi connectivity index (χ1) is 19.0. The summed E-state index contributed by atoms with van der Waals surface area (Å²) in [5.74, 6) is 0.216. The van der Waals surface area contributed by atoms with E-state index in [1.54, 1.807) is 18.3 Å². The minimum Gasteiger partial charge on any atom is -0.345 e. The van der Waals surface area contributed by atoms with Crippen LogP contribution in [0.4, 0.5) is 9.18 Å². The number of carbonyl (C=O) groups excluding carboxylic acids is 2. The Balaban J connectivity index is 1.28. The number of rotatable bonds is 3. The number of allylic oxidation sites excluding steroid dienone is 2. The Morgan fingerprint density at radius 2 is 1.92 bits per heavy atom. The van der Waals surface area contributed by atoms with Crippen molar-refractivity contribution in [1.29, 1.82) is 0 Å². The van der Waals surface area contributed by atoms with Crippen LogP contribution in [0.1, 0.15) is 42.5 Å². The third kappa shape index (κ3) is 3.95. The number of Topliss-reactive ketones (excluding diaryl/α,β-unsaturated/α-hetero) is 1. The Labute approximate surface area is 225 Å². The summed E-state index contributed by atoms with van der Waals surface area (Å²) in [6, 6.07) is 8.88. The van der Waals surface area contributed by atoms with E-state index in [2.05, 4.69) is 9.55 Å². The summed E-state index contributed by atoms with van der Waals surface area (Å²) in [4.78, 5) is 34.9. The van der Waals surface area contributed by atoms with Gasteiger partial charge < -0.3 is 20.1 Å². The lowest BCUT2D eigenvalue weighted by Crippen LogP contribution is -2.47. The highest BCUT2D eigenvalue weighted by molar-refractivity contribution is 6.31. The van der Waals surface area contributed by atoms with Crippen LogP contribution in [0.5, 0.6) is 0 Å². The Hall–Kier alpha value is -3.98. The van der Waals surface area contributed by atoms with Crippen LogP contribution >= 0.6 is 0 Å². The van der Waals surface area contributed by atoms with Gasteiger partial charge in [-0.3, -0.25) is 9.20 Å². The minimum atomic E-state index is -0.337. The first-order valence-corrected chi connectivity index (χ1v) is 13.8. The summed E-state index contributed by atoms with van der Waals surface area (Å²) < 4.78 is 19.2. The van der Waals surface area contributed by atoms with Crippen LogP contribution in [0.15, 0.2) is 48.9 Å². The molecule has 0 atom stereocenters. The van der Waals surface area contributed by atoms with Gasteiger partial charge in [0.05, 0.1) is 17.4 Å². The molecule has 2 amide bonds. The van der Waals surface area contributed by atoms with E-state index >= 15 is 4.39 Å². The molecule has 1 saturated heterocycles. The number of aromatic nitrogens is 3. The molecule has 5 heterocycles. The molecule has 39 heavy (non-hydrogen) atoms. The predicted molar refractivity (Wildman–Crippen MR) is 147 cm³/mol. The van der Waals surface area contributed by atoms with Crippen LogP contribution in [0.2, 0.25) is 0 Å². The van der Waals surface area contributed by atoms with E-state index in [-0.39, 0.29) is 17.6 Å². The maximum Gasteiger partial charge on any atom is 0.320 e. The van der Waals surface area contributed by atoms with Crippen molar-refractivity contribution in [3.05, 3.63) is 71.6 Å². The van der Waals surface area contributed by atoms with E-state index < -0.39 is 0 Å². The number of carbonyl (C=O) groups is 2. The molecular formula is C30H31FN6O2. The second-order valence-electron chi connectivity index (χ2n) is 10.9. The van der Waals surface area contributed by atoms with E-state index in [9.17, 15) is 9.59 Å². The molecule has 8 nitrogen and oxygen atoms in total. The molecule has 200 valence electrons. The molecule has 3 aliphatic rings. The normalized spacial score (nSPS) is 18.6. The molecule has 0 saturated carbocycles. The standard InChI is InChI=1S/C30H31FN6O2/c31-21-13-20-17-36(30(39)34-9-6-19(15-32)7-10-34)12-11-35-18-24(23(14-21)29(20)35)22-4-5-26(38)28(22)25-16-33-27-3-1-2-8-37(25)27/h1-3,8,13-14,16,18-19H,4-7,9-12,15,17,32H2. The quantitative estimate of drug-likeness (QED) is 0.431. The molecule has 0 spiro atoms. The predicted octanol–water partition coefficient (Wildman–Crippen LogP) is 4.31. The van der Waals surface area contributed by atoms with Crippen molar-refractivity contribution in [1.82, 2.24) is 23.8 Å². The topological polar surface area (TPSA) is 88.9 Å². The number of fused-ring (bicyclic) bond motifs is 1. The lowest BCUT2D eigenvalue weighted by Gasteiger charge is -2.35. The van der Waals surface area contributed by atoms with Crippen molar-refractivity contribution in [2.75, 3.05) is 26.2 Å². The smallest absolute Gasteiger partial charge is 0.320 e. The average molecular weight is 527 g/mol. The van der Waals surface area contributed by atoms with Crippen molar-refractivity contribution >= 4 is 39.5 Å². The Bertz CT molecular complexity index is 1660. The number of likely N-dealkylation sites (tertiary alicyclic amines) is 1. The number of nitrogens with zero attached hydrogens (tertiary/aromatic N) is 5. The lowest BCUT2D eigenvalue weighted by atomic mass is 9.97. The third-order valence-electron chi connectivity index (χ3n) is 8.66. The molecule has 0 bridgehead atoms. The molecule has 9 heteroatoms. The van der Waals surface area contributed by atoms with Gasteiger partial charge >= 0.3 is 6.03 Å². The van der Waals surface area contributed by atoms with Crippen molar-refractivity contribution in [2.24, 2.45) is 11.7 Å². The fraction of sp³-hybridized carbons (Fsp3) is 0.367. The van der Waals surface area contributed by atoms with Gasteiger partial charge in [-0.1, -0.05) is 6.07 Å². The molecule has 4 aromatic rings. The molecule has 1 aromatic carbocycles. The fourth-order valence-electron chi connectivity index (χ4n) is 6.60. The lowest BCUT2D eigenvalue weighted by molar-refractivity contribution is -0.113. The zero-order valence-electron chi connectivity index (χ0n) is 21.8. The van der Waals surface area contributed by atoms with Crippen LogP contribution < -0.4 is 5.73 Å². The molecule has 2 aliphatic heterocycles. The number of amides is 2.